The molecule has 0 spiro atoms. The molecular formula is C14H31NO2Si. The Morgan fingerprint density at radius 1 is 1.11 bits per heavy atom. The van der Waals surface area contributed by atoms with E-state index in [-0.39, 0.29) is 6.23 Å². The van der Waals surface area contributed by atoms with Crippen molar-refractivity contribution >= 4 is 8.56 Å². The average molecular weight is 273 g/mol. The number of likely N-dealkylation sites (tertiary alicyclic amines) is 1. The van der Waals surface area contributed by atoms with Gasteiger partial charge in [0.25, 0.3) is 0 Å². The molecule has 0 aromatic heterocycles. The van der Waals surface area contributed by atoms with Crippen LogP contribution in [-0.2, 0) is 8.85 Å². The van der Waals surface area contributed by atoms with Gasteiger partial charge in [-0.05, 0) is 38.3 Å². The number of hydrogen-bond donors (Lipinski definition) is 0. The minimum Gasteiger partial charge on any atom is -0.398 e. The number of hydrogen-bond acceptors (Lipinski definition) is 3. The SMILES string of the molecule is CCC(CC)CC(O[Si](C)(C)OC)N1CCCC1. The Bertz CT molecular complexity index is 226. The number of rotatable bonds is 8. The van der Waals surface area contributed by atoms with Crippen molar-refractivity contribution in [3.05, 3.63) is 0 Å². The second-order valence-corrected chi connectivity index (χ2v) is 9.28. The lowest BCUT2D eigenvalue weighted by atomic mass is 9.98. The molecule has 1 atom stereocenters. The van der Waals surface area contributed by atoms with Crippen LogP contribution >= 0.6 is 0 Å². The summed E-state index contributed by atoms with van der Waals surface area (Å²) >= 11 is 0. The molecule has 18 heavy (non-hydrogen) atoms. The molecule has 0 radical (unpaired) electrons. The van der Waals surface area contributed by atoms with Crippen LogP contribution in [0.15, 0.2) is 0 Å². The lowest BCUT2D eigenvalue weighted by Gasteiger charge is -2.35. The molecule has 1 aliphatic heterocycles. The first-order valence-corrected chi connectivity index (χ1v) is 10.3. The molecule has 3 nitrogen and oxygen atoms in total. The van der Waals surface area contributed by atoms with Crippen LogP contribution in [0.3, 0.4) is 0 Å². The Morgan fingerprint density at radius 3 is 2.11 bits per heavy atom. The van der Waals surface area contributed by atoms with E-state index in [1.54, 1.807) is 7.11 Å². The van der Waals surface area contributed by atoms with Crippen molar-refractivity contribution in [3.8, 4) is 0 Å². The van der Waals surface area contributed by atoms with Crippen molar-refractivity contribution in [2.24, 2.45) is 5.92 Å². The zero-order valence-electron chi connectivity index (χ0n) is 12.9. The monoisotopic (exact) mass is 273 g/mol. The Labute approximate surface area is 114 Å². The third kappa shape index (κ3) is 5.00. The molecule has 0 N–H and O–H groups in total. The predicted octanol–water partition coefficient (Wildman–Crippen LogP) is 3.60. The Kier molecular flexibility index (Phi) is 6.85. The van der Waals surface area contributed by atoms with Gasteiger partial charge in [-0.3, -0.25) is 4.90 Å². The van der Waals surface area contributed by atoms with Crippen molar-refractivity contribution in [2.45, 2.75) is 65.3 Å². The largest absolute Gasteiger partial charge is 0.398 e. The smallest absolute Gasteiger partial charge is 0.332 e. The van der Waals surface area contributed by atoms with Crippen LogP contribution in [0.4, 0.5) is 0 Å². The van der Waals surface area contributed by atoms with Gasteiger partial charge in [0.1, 0.15) is 6.23 Å². The van der Waals surface area contributed by atoms with E-state index in [4.69, 9.17) is 8.85 Å². The normalized spacial score (nSPS) is 19.7. The maximum atomic E-state index is 6.35. The van der Waals surface area contributed by atoms with Crippen molar-refractivity contribution in [1.82, 2.24) is 4.90 Å². The van der Waals surface area contributed by atoms with E-state index in [1.807, 2.05) is 0 Å². The fourth-order valence-electron chi connectivity index (χ4n) is 2.58. The standard InChI is InChI=1S/C14H31NO2Si/c1-6-13(7-2)12-14(15-10-8-9-11-15)17-18(4,5)16-3/h13-14H,6-12H2,1-5H3. The van der Waals surface area contributed by atoms with Crippen LogP contribution in [0.1, 0.15) is 46.0 Å². The van der Waals surface area contributed by atoms with Crippen molar-refractivity contribution in [2.75, 3.05) is 20.2 Å². The zero-order valence-corrected chi connectivity index (χ0v) is 13.9. The molecule has 0 bridgehead atoms. The van der Waals surface area contributed by atoms with Crippen LogP contribution in [-0.4, -0.2) is 39.9 Å². The van der Waals surface area contributed by atoms with Crippen molar-refractivity contribution in [3.63, 3.8) is 0 Å². The van der Waals surface area contributed by atoms with Crippen LogP contribution in [0.5, 0.6) is 0 Å². The highest BCUT2D eigenvalue weighted by molar-refractivity contribution is 6.64. The molecule has 0 aromatic rings. The summed E-state index contributed by atoms with van der Waals surface area (Å²) in [6, 6.07) is 0. The quantitative estimate of drug-likeness (QED) is 0.631. The molecule has 0 aromatic carbocycles. The lowest BCUT2D eigenvalue weighted by molar-refractivity contribution is -0.00382. The van der Waals surface area contributed by atoms with Gasteiger partial charge in [-0.15, -0.1) is 0 Å². The first-order chi connectivity index (χ1) is 8.52. The molecule has 1 aliphatic rings. The molecule has 1 fully saturated rings. The Hall–Kier alpha value is 0.0969. The van der Waals surface area contributed by atoms with Crippen molar-refractivity contribution in [1.29, 1.82) is 0 Å². The molecule has 4 heteroatoms. The van der Waals surface area contributed by atoms with Crippen LogP contribution in [0.25, 0.3) is 0 Å². The van der Waals surface area contributed by atoms with Gasteiger partial charge in [0, 0.05) is 20.2 Å². The minimum atomic E-state index is -1.94. The lowest BCUT2D eigenvalue weighted by Crippen LogP contribution is -2.46. The van der Waals surface area contributed by atoms with Gasteiger partial charge in [-0.25, -0.2) is 0 Å². The summed E-state index contributed by atoms with van der Waals surface area (Å²) < 4.78 is 11.9. The number of nitrogens with zero attached hydrogens (tertiary/aromatic N) is 1. The van der Waals surface area contributed by atoms with E-state index in [9.17, 15) is 0 Å². The highest BCUT2D eigenvalue weighted by atomic mass is 28.4. The van der Waals surface area contributed by atoms with E-state index in [0.717, 1.165) is 12.3 Å². The molecule has 1 saturated heterocycles. The van der Waals surface area contributed by atoms with Gasteiger partial charge in [-0.2, -0.15) is 0 Å². The van der Waals surface area contributed by atoms with Gasteiger partial charge in [0.2, 0.25) is 0 Å². The third-order valence-corrected chi connectivity index (χ3v) is 5.97. The second kappa shape index (κ2) is 7.63. The third-order valence-electron chi connectivity index (χ3n) is 4.15. The fraction of sp³-hybridized carbons (Fsp3) is 1.00. The highest BCUT2D eigenvalue weighted by Gasteiger charge is 2.32. The summed E-state index contributed by atoms with van der Waals surface area (Å²) in [5.74, 6) is 0.775. The summed E-state index contributed by atoms with van der Waals surface area (Å²) in [6.45, 7) is 11.2. The maximum absolute atomic E-state index is 6.35. The molecule has 1 unspecified atom stereocenters. The van der Waals surface area contributed by atoms with Crippen LogP contribution in [0, 0.1) is 5.92 Å². The molecule has 108 valence electrons. The van der Waals surface area contributed by atoms with Crippen LogP contribution < -0.4 is 0 Å². The molecule has 1 heterocycles. The van der Waals surface area contributed by atoms with E-state index in [1.165, 1.54) is 38.8 Å². The molecule has 1 rings (SSSR count). The zero-order chi connectivity index (χ0) is 13.6. The van der Waals surface area contributed by atoms with E-state index < -0.39 is 8.56 Å². The Balaban J connectivity index is 2.62. The Morgan fingerprint density at radius 2 is 1.67 bits per heavy atom. The first kappa shape index (κ1) is 16.2. The van der Waals surface area contributed by atoms with Gasteiger partial charge in [0.15, 0.2) is 0 Å². The van der Waals surface area contributed by atoms with Gasteiger partial charge in [-0.1, -0.05) is 26.7 Å². The van der Waals surface area contributed by atoms with Gasteiger partial charge < -0.3 is 8.85 Å². The highest BCUT2D eigenvalue weighted by Crippen LogP contribution is 2.25. The molecular weight excluding hydrogens is 242 g/mol. The predicted molar refractivity (Wildman–Crippen MR) is 78.9 cm³/mol. The molecule has 0 aliphatic carbocycles. The fourth-order valence-corrected chi connectivity index (χ4v) is 3.58. The molecule has 0 amide bonds. The summed E-state index contributed by atoms with van der Waals surface area (Å²) in [7, 11) is -0.160. The van der Waals surface area contributed by atoms with Gasteiger partial charge >= 0.3 is 8.56 Å². The maximum Gasteiger partial charge on any atom is 0.332 e. The first-order valence-electron chi connectivity index (χ1n) is 7.49. The van der Waals surface area contributed by atoms with E-state index >= 15 is 0 Å². The average Bonchev–Trinajstić information content (AvgIpc) is 2.88. The summed E-state index contributed by atoms with van der Waals surface area (Å²) in [6.07, 6.45) is 6.57. The summed E-state index contributed by atoms with van der Waals surface area (Å²) in [5, 5.41) is 0. The summed E-state index contributed by atoms with van der Waals surface area (Å²) in [5.41, 5.74) is 0. The van der Waals surface area contributed by atoms with Crippen LogP contribution in [0.2, 0.25) is 13.1 Å². The molecule has 0 saturated carbocycles. The summed E-state index contributed by atoms with van der Waals surface area (Å²) in [4.78, 5) is 2.52. The van der Waals surface area contributed by atoms with E-state index in [2.05, 4.69) is 31.8 Å². The van der Waals surface area contributed by atoms with Gasteiger partial charge in [0.05, 0.1) is 0 Å². The van der Waals surface area contributed by atoms with Crippen molar-refractivity contribution < 1.29 is 8.85 Å². The van der Waals surface area contributed by atoms with E-state index in [0.29, 0.717) is 0 Å². The topological polar surface area (TPSA) is 21.7 Å². The second-order valence-electron chi connectivity index (χ2n) is 5.84. The minimum absolute atomic E-state index is 0.277.